The Hall–Kier alpha value is -2.23. The van der Waals surface area contributed by atoms with Crippen LogP contribution in [0.3, 0.4) is 0 Å². The summed E-state index contributed by atoms with van der Waals surface area (Å²) < 4.78 is 34.1. The van der Waals surface area contributed by atoms with Crippen molar-refractivity contribution in [2.24, 2.45) is 0 Å². The maximum absolute atomic E-state index is 14.8. The van der Waals surface area contributed by atoms with Gasteiger partial charge in [-0.15, -0.1) is 0 Å². The Bertz CT molecular complexity index is 749. The molecule has 0 spiro atoms. The van der Waals surface area contributed by atoms with Crippen molar-refractivity contribution in [3.63, 3.8) is 0 Å². The highest BCUT2D eigenvalue weighted by Crippen LogP contribution is 2.40. The third-order valence-electron chi connectivity index (χ3n) is 4.97. The molecule has 0 N–H and O–H groups in total. The zero-order valence-electron chi connectivity index (χ0n) is 13.6. The molecule has 24 heavy (non-hydrogen) atoms. The Kier molecular flexibility index (Phi) is 4.65. The molecule has 2 nitrogen and oxygen atoms in total. The molecule has 1 aliphatic carbocycles. The molecule has 2 aromatic rings. The van der Waals surface area contributed by atoms with E-state index in [4.69, 9.17) is 4.74 Å². The van der Waals surface area contributed by atoms with Gasteiger partial charge in [0.25, 0.3) is 0 Å². The van der Waals surface area contributed by atoms with Crippen molar-refractivity contribution < 1.29 is 18.3 Å². The van der Waals surface area contributed by atoms with Crippen molar-refractivity contribution in [1.82, 2.24) is 0 Å². The predicted octanol–water partition coefficient (Wildman–Crippen LogP) is 5.04. The number of hydrogen-bond donors (Lipinski definition) is 0. The molecule has 0 amide bonds. The smallest absolute Gasteiger partial charge is 0.172 e. The minimum absolute atomic E-state index is 0.119. The van der Waals surface area contributed by atoms with E-state index in [1.807, 2.05) is 0 Å². The van der Waals surface area contributed by atoms with E-state index in [1.54, 1.807) is 24.3 Å². The molecule has 1 saturated carbocycles. The zero-order chi connectivity index (χ0) is 17.2. The Balaban J connectivity index is 2.03. The van der Waals surface area contributed by atoms with Gasteiger partial charge in [0.1, 0.15) is 12.1 Å². The summed E-state index contributed by atoms with van der Waals surface area (Å²) >= 11 is 0. The molecule has 1 aliphatic rings. The van der Waals surface area contributed by atoms with Gasteiger partial charge in [0.05, 0.1) is 12.5 Å². The first kappa shape index (κ1) is 16.6. The van der Waals surface area contributed by atoms with Crippen molar-refractivity contribution in [2.45, 2.75) is 37.5 Å². The molecule has 4 heteroatoms. The number of carbonyl (C=O) groups excluding carboxylic acids is 1. The second-order valence-corrected chi connectivity index (χ2v) is 6.35. The molecule has 126 valence electrons. The largest absolute Gasteiger partial charge is 0.494 e. The van der Waals surface area contributed by atoms with E-state index in [9.17, 15) is 13.6 Å². The standard InChI is InChI=1S/C20H20F2O2/c1-24-18-7-5-6-15(19(18)22)14-8-9-16(17(21)12-14)20(13-23)10-3-2-4-11-20/h5-9,12-13H,2-4,10-11H2,1H3. The molecule has 0 heterocycles. The van der Waals surface area contributed by atoms with E-state index in [2.05, 4.69) is 0 Å². The van der Waals surface area contributed by atoms with Gasteiger partial charge in [0.15, 0.2) is 11.6 Å². The van der Waals surface area contributed by atoms with Gasteiger partial charge in [-0.3, -0.25) is 0 Å². The van der Waals surface area contributed by atoms with Crippen LogP contribution in [0, 0.1) is 11.6 Å². The Morgan fingerprint density at radius 3 is 2.46 bits per heavy atom. The number of methoxy groups -OCH3 is 1. The van der Waals surface area contributed by atoms with Crippen LogP contribution in [-0.2, 0) is 10.2 Å². The molecule has 0 aliphatic heterocycles. The molecular weight excluding hydrogens is 310 g/mol. The number of benzene rings is 2. The Labute approximate surface area is 140 Å². The molecule has 0 unspecified atom stereocenters. The normalized spacial score (nSPS) is 16.6. The summed E-state index contributed by atoms with van der Waals surface area (Å²) in [6.45, 7) is 0. The fourth-order valence-electron chi connectivity index (χ4n) is 3.61. The molecule has 3 rings (SSSR count). The summed E-state index contributed by atoms with van der Waals surface area (Å²) in [5.41, 5.74) is 0.394. The highest BCUT2D eigenvalue weighted by molar-refractivity contribution is 5.72. The molecule has 0 atom stereocenters. The first-order valence-electron chi connectivity index (χ1n) is 8.20. The molecule has 2 aromatic carbocycles. The lowest BCUT2D eigenvalue weighted by Crippen LogP contribution is -2.31. The van der Waals surface area contributed by atoms with Crippen LogP contribution in [0.2, 0.25) is 0 Å². The number of hydrogen-bond acceptors (Lipinski definition) is 2. The van der Waals surface area contributed by atoms with Gasteiger partial charge in [0, 0.05) is 11.1 Å². The van der Waals surface area contributed by atoms with Crippen LogP contribution in [0.5, 0.6) is 5.75 Å². The summed E-state index contributed by atoms with van der Waals surface area (Å²) in [5.74, 6) is -0.854. The highest BCUT2D eigenvalue weighted by atomic mass is 19.1. The van der Waals surface area contributed by atoms with Crippen molar-refractivity contribution in [2.75, 3.05) is 7.11 Å². The maximum Gasteiger partial charge on any atom is 0.172 e. The number of carbonyl (C=O) groups is 1. The zero-order valence-corrected chi connectivity index (χ0v) is 13.6. The topological polar surface area (TPSA) is 26.3 Å². The van der Waals surface area contributed by atoms with Gasteiger partial charge < -0.3 is 9.53 Å². The van der Waals surface area contributed by atoms with E-state index in [-0.39, 0.29) is 11.3 Å². The van der Waals surface area contributed by atoms with Crippen LogP contribution < -0.4 is 4.74 Å². The van der Waals surface area contributed by atoms with Crippen LogP contribution in [0.15, 0.2) is 36.4 Å². The summed E-state index contributed by atoms with van der Waals surface area (Å²) in [7, 11) is 1.39. The van der Waals surface area contributed by atoms with Gasteiger partial charge in [-0.05, 0) is 30.5 Å². The highest BCUT2D eigenvalue weighted by Gasteiger charge is 2.36. The monoisotopic (exact) mass is 330 g/mol. The number of rotatable bonds is 4. The number of ether oxygens (including phenoxy) is 1. The van der Waals surface area contributed by atoms with Crippen LogP contribution in [0.25, 0.3) is 11.1 Å². The van der Waals surface area contributed by atoms with Crippen LogP contribution in [0.4, 0.5) is 8.78 Å². The number of aldehydes is 1. The van der Waals surface area contributed by atoms with Crippen molar-refractivity contribution in [3.05, 3.63) is 53.6 Å². The molecular formula is C20H20F2O2. The summed E-state index contributed by atoms with van der Waals surface area (Å²) in [4.78, 5) is 11.7. The average Bonchev–Trinajstić information content (AvgIpc) is 2.62. The lowest BCUT2D eigenvalue weighted by atomic mass is 9.70. The first-order valence-corrected chi connectivity index (χ1v) is 8.20. The Morgan fingerprint density at radius 2 is 1.83 bits per heavy atom. The van der Waals surface area contributed by atoms with E-state index < -0.39 is 17.0 Å². The summed E-state index contributed by atoms with van der Waals surface area (Å²) in [5, 5.41) is 0. The second-order valence-electron chi connectivity index (χ2n) is 6.35. The maximum atomic E-state index is 14.8. The van der Waals surface area contributed by atoms with Crippen LogP contribution in [-0.4, -0.2) is 13.4 Å². The minimum Gasteiger partial charge on any atom is -0.494 e. The average molecular weight is 330 g/mol. The quantitative estimate of drug-likeness (QED) is 0.734. The van der Waals surface area contributed by atoms with E-state index >= 15 is 0 Å². The number of halogens is 2. The van der Waals surface area contributed by atoms with Crippen molar-refractivity contribution in [1.29, 1.82) is 0 Å². The summed E-state index contributed by atoms with van der Waals surface area (Å²) in [6.07, 6.45) is 5.14. The molecule has 0 saturated heterocycles. The lowest BCUT2D eigenvalue weighted by molar-refractivity contribution is -0.113. The fraction of sp³-hybridized carbons (Fsp3) is 0.350. The van der Waals surface area contributed by atoms with Crippen LogP contribution >= 0.6 is 0 Å². The second kappa shape index (κ2) is 6.71. The van der Waals surface area contributed by atoms with E-state index in [0.717, 1.165) is 25.5 Å². The third kappa shape index (κ3) is 2.81. The third-order valence-corrected chi connectivity index (χ3v) is 4.97. The molecule has 0 aromatic heterocycles. The molecule has 0 radical (unpaired) electrons. The van der Waals surface area contributed by atoms with Crippen LogP contribution in [0.1, 0.15) is 37.7 Å². The fourth-order valence-corrected chi connectivity index (χ4v) is 3.61. The SMILES string of the molecule is COc1cccc(-c2ccc(C3(C=O)CCCCC3)c(F)c2)c1F. The Morgan fingerprint density at radius 1 is 1.08 bits per heavy atom. The summed E-state index contributed by atoms with van der Waals surface area (Å²) in [6, 6.07) is 9.39. The first-order chi connectivity index (χ1) is 11.6. The van der Waals surface area contributed by atoms with E-state index in [0.29, 0.717) is 24.0 Å². The van der Waals surface area contributed by atoms with Gasteiger partial charge in [-0.1, -0.05) is 43.5 Å². The predicted molar refractivity (Wildman–Crippen MR) is 89.2 cm³/mol. The molecule has 1 fully saturated rings. The van der Waals surface area contributed by atoms with E-state index in [1.165, 1.54) is 19.2 Å². The van der Waals surface area contributed by atoms with Gasteiger partial charge >= 0.3 is 0 Å². The lowest BCUT2D eigenvalue weighted by Gasteiger charge is -2.32. The van der Waals surface area contributed by atoms with Gasteiger partial charge in [-0.2, -0.15) is 0 Å². The van der Waals surface area contributed by atoms with Crippen molar-refractivity contribution >= 4 is 6.29 Å². The minimum atomic E-state index is -0.742. The van der Waals surface area contributed by atoms with Gasteiger partial charge in [-0.25, -0.2) is 8.78 Å². The molecule has 0 bridgehead atoms. The van der Waals surface area contributed by atoms with Crippen molar-refractivity contribution in [3.8, 4) is 16.9 Å². The van der Waals surface area contributed by atoms with Gasteiger partial charge in [0.2, 0.25) is 0 Å².